The number of alkyl halides is 3. The number of hydrazine groups is 1. The average Bonchev–Trinajstić information content (AvgIpc) is 1.80. The van der Waals surface area contributed by atoms with Crippen molar-refractivity contribution in [3.05, 3.63) is 0 Å². The van der Waals surface area contributed by atoms with Crippen LogP contribution in [0.2, 0.25) is 0 Å². The maximum Gasteiger partial charge on any atom is 0.405 e. The summed E-state index contributed by atoms with van der Waals surface area (Å²) in [7, 11) is 1.14. The normalized spacial score (nSPS) is 11.0. The van der Waals surface area contributed by atoms with Gasteiger partial charge in [0.25, 0.3) is 0 Å². The molecule has 0 aromatic carbocycles. The molecular weight excluding hydrogens is 163 g/mol. The first-order chi connectivity index (χ1) is 4.83. The molecule has 0 fully saturated rings. The summed E-state index contributed by atoms with van der Waals surface area (Å²) in [6.45, 7) is -1.37. The lowest BCUT2D eigenvalue weighted by atomic mass is 10.6. The van der Waals surface area contributed by atoms with Crippen molar-refractivity contribution in [2.75, 3.05) is 13.6 Å². The zero-order chi connectivity index (χ0) is 9.07. The number of hydrogen-bond donors (Lipinski definition) is 2. The van der Waals surface area contributed by atoms with E-state index in [1.807, 2.05) is 0 Å². The quantitative estimate of drug-likeness (QED) is 0.333. The second-order valence-electron chi connectivity index (χ2n) is 1.88. The molecular formula is C4H8F3N3O. The number of rotatable bonds is 1. The standard InChI is InChI=1S/C4H8F3N3O/c1-10(8)3(11)9-2-4(5,6)7/h2,8H2,1H3,(H,9,11). The number of nitrogens with two attached hydrogens (primary N) is 1. The Balaban J connectivity index is 3.64. The molecule has 11 heavy (non-hydrogen) atoms. The van der Waals surface area contributed by atoms with E-state index in [4.69, 9.17) is 5.84 Å². The molecule has 0 bridgehead atoms. The minimum absolute atomic E-state index is 0.533. The highest BCUT2D eigenvalue weighted by Gasteiger charge is 2.27. The van der Waals surface area contributed by atoms with E-state index in [2.05, 4.69) is 0 Å². The van der Waals surface area contributed by atoms with Crippen molar-refractivity contribution in [1.29, 1.82) is 0 Å². The summed E-state index contributed by atoms with van der Waals surface area (Å²) < 4.78 is 34.2. The SMILES string of the molecule is CN(N)C(=O)NCC(F)(F)F. The van der Waals surface area contributed by atoms with Crippen molar-refractivity contribution in [1.82, 2.24) is 10.3 Å². The average molecular weight is 171 g/mol. The van der Waals surface area contributed by atoms with Crippen molar-refractivity contribution < 1.29 is 18.0 Å². The number of hydrogen-bond acceptors (Lipinski definition) is 2. The molecule has 0 unspecified atom stereocenters. The lowest BCUT2D eigenvalue weighted by molar-refractivity contribution is -0.123. The molecule has 0 aromatic heterocycles. The van der Waals surface area contributed by atoms with Crippen LogP contribution in [-0.2, 0) is 0 Å². The predicted molar refractivity (Wildman–Crippen MR) is 31.4 cm³/mol. The summed E-state index contributed by atoms with van der Waals surface area (Å²) in [5.41, 5.74) is 0. The Hall–Kier alpha value is -0.980. The Kier molecular flexibility index (Phi) is 3.12. The maximum absolute atomic E-state index is 11.4. The summed E-state index contributed by atoms with van der Waals surface area (Å²) in [4.78, 5) is 10.4. The minimum Gasteiger partial charge on any atom is -0.328 e. The molecule has 0 aliphatic heterocycles. The third-order valence-corrected chi connectivity index (χ3v) is 0.760. The van der Waals surface area contributed by atoms with E-state index in [0.29, 0.717) is 5.01 Å². The zero-order valence-electron chi connectivity index (χ0n) is 5.77. The first-order valence-corrected chi connectivity index (χ1v) is 2.66. The van der Waals surface area contributed by atoms with Crippen molar-refractivity contribution >= 4 is 6.03 Å². The fraction of sp³-hybridized carbons (Fsp3) is 0.750. The first kappa shape index (κ1) is 10.0. The monoisotopic (exact) mass is 171 g/mol. The van der Waals surface area contributed by atoms with E-state index in [1.54, 1.807) is 5.32 Å². The van der Waals surface area contributed by atoms with Gasteiger partial charge in [0.05, 0.1) is 0 Å². The molecule has 2 amide bonds. The molecule has 0 aliphatic carbocycles. The van der Waals surface area contributed by atoms with Crippen molar-refractivity contribution in [3.63, 3.8) is 0 Å². The number of urea groups is 1. The van der Waals surface area contributed by atoms with Gasteiger partial charge in [0.15, 0.2) is 0 Å². The van der Waals surface area contributed by atoms with Crippen molar-refractivity contribution in [2.24, 2.45) is 5.84 Å². The van der Waals surface area contributed by atoms with Gasteiger partial charge in [-0.05, 0) is 0 Å². The van der Waals surface area contributed by atoms with E-state index in [9.17, 15) is 18.0 Å². The number of nitrogens with zero attached hydrogens (tertiary/aromatic N) is 1. The van der Waals surface area contributed by atoms with E-state index in [1.165, 1.54) is 0 Å². The van der Waals surface area contributed by atoms with Crippen LogP contribution in [0.5, 0.6) is 0 Å². The Morgan fingerprint density at radius 2 is 2.09 bits per heavy atom. The molecule has 0 saturated heterocycles. The Bertz CT molecular complexity index is 144. The van der Waals surface area contributed by atoms with Gasteiger partial charge in [-0.15, -0.1) is 0 Å². The van der Waals surface area contributed by atoms with Crippen LogP contribution in [0.3, 0.4) is 0 Å². The van der Waals surface area contributed by atoms with Gasteiger partial charge in [-0.1, -0.05) is 0 Å². The number of carbonyl (C=O) groups is 1. The molecule has 0 saturated carbocycles. The fourth-order valence-corrected chi connectivity index (χ4v) is 0.301. The van der Waals surface area contributed by atoms with Gasteiger partial charge >= 0.3 is 12.2 Å². The molecule has 0 radical (unpaired) electrons. The van der Waals surface area contributed by atoms with E-state index in [0.717, 1.165) is 7.05 Å². The molecule has 7 heteroatoms. The molecule has 66 valence electrons. The molecule has 0 rings (SSSR count). The zero-order valence-corrected chi connectivity index (χ0v) is 5.77. The predicted octanol–water partition coefficient (Wildman–Crippen LogP) is 0.0638. The Morgan fingerprint density at radius 1 is 1.64 bits per heavy atom. The van der Waals surface area contributed by atoms with E-state index < -0.39 is 18.8 Å². The number of nitrogens with one attached hydrogen (secondary N) is 1. The maximum atomic E-state index is 11.4. The Labute approximate surface area is 61.1 Å². The smallest absolute Gasteiger partial charge is 0.328 e. The first-order valence-electron chi connectivity index (χ1n) is 2.66. The largest absolute Gasteiger partial charge is 0.405 e. The lowest BCUT2D eigenvalue weighted by Crippen LogP contribution is -2.44. The second-order valence-corrected chi connectivity index (χ2v) is 1.88. The summed E-state index contributed by atoms with van der Waals surface area (Å²) in [6, 6.07) is -0.970. The third kappa shape index (κ3) is 5.46. The highest BCUT2D eigenvalue weighted by atomic mass is 19.4. The minimum atomic E-state index is -4.40. The number of halogens is 3. The summed E-state index contributed by atoms with van der Waals surface area (Å²) in [5.74, 6) is 4.82. The molecule has 0 spiro atoms. The topological polar surface area (TPSA) is 58.4 Å². The lowest BCUT2D eigenvalue weighted by Gasteiger charge is -2.12. The van der Waals surface area contributed by atoms with Gasteiger partial charge in [0, 0.05) is 7.05 Å². The summed E-state index contributed by atoms with van der Waals surface area (Å²) >= 11 is 0. The molecule has 0 aromatic rings. The molecule has 0 heterocycles. The van der Waals surface area contributed by atoms with Crippen LogP contribution in [0, 0.1) is 0 Å². The van der Waals surface area contributed by atoms with Crippen LogP contribution in [0.25, 0.3) is 0 Å². The summed E-state index contributed by atoms with van der Waals surface area (Å²) in [5, 5.41) is 2.09. The van der Waals surface area contributed by atoms with Gasteiger partial charge < -0.3 is 5.32 Å². The van der Waals surface area contributed by atoms with Gasteiger partial charge in [0.1, 0.15) is 6.54 Å². The number of amides is 2. The molecule has 0 aliphatic rings. The van der Waals surface area contributed by atoms with Crippen LogP contribution in [0.15, 0.2) is 0 Å². The van der Waals surface area contributed by atoms with Gasteiger partial charge in [-0.3, -0.25) is 5.01 Å². The van der Waals surface area contributed by atoms with Gasteiger partial charge in [0.2, 0.25) is 0 Å². The third-order valence-electron chi connectivity index (χ3n) is 0.760. The van der Waals surface area contributed by atoms with Crippen LogP contribution < -0.4 is 11.2 Å². The van der Waals surface area contributed by atoms with Crippen LogP contribution in [0.4, 0.5) is 18.0 Å². The highest BCUT2D eigenvalue weighted by molar-refractivity contribution is 5.73. The van der Waals surface area contributed by atoms with Crippen LogP contribution in [-0.4, -0.2) is 30.8 Å². The Morgan fingerprint density at radius 3 is 2.36 bits per heavy atom. The van der Waals surface area contributed by atoms with E-state index >= 15 is 0 Å². The summed E-state index contributed by atoms with van der Waals surface area (Å²) in [6.07, 6.45) is -4.40. The highest BCUT2D eigenvalue weighted by Crippen LogP contribution is 2.11. The second kappa shape index (κ2) is 3.42. The van der Waals surface area contributed by atoms with Crippen LogP contribution >= 0.6 is 0 Å². The molecule has 3 N–H and O–H groups in total. The van der Waals surface area contributed by atoms with Gasteiger partial charge in [-0.25, -0.2) is 10.6 Å². The molecule has 0 atom stereocenters. The van der Waals surface area contributed by atoms with Crippen LogP contribution in [0.1, 0.15) is 0 Å². The molecule has 4 nitrogen and oxygen atoms in total. The van der Waals surface area contributed by atoms with Crippen molar-refractivity contribution in [3.8, 4) is 0 Å². The fourth-order valence-electron chi connectivity index (χ4n) is 0.301. The van der Waals surface area contributed by atoms with Gasteiger partial charge in [-0.2, -0.15) is 13.2 Å². The number of carbonyl (C=O) groups excluding carboxylic acids is 1. The van der Waals surface area contributed by atoms with E-state index in [-0.39, 0.29) is 0 Å². The van der Waals surface area contributed by atoms with Crippen molar-refractivity contribution in [2.45, 2.75) is 6.18 Å².